The summed E-state index contributed by atoms with van der Waals surface area (Å²) < 4.78 is 26.4. The van der Waals surface area contributed by atoms with Crippen molar-refractivity contribution in [1.29, 1.82) is 0 Å². The predicted octanol–water partition coefficient (Wildman–Crippen LogP) is 2.14. The molecule has 1 rings (SSSR count). The van der Waals surface area contributed by atoms with Crippen LogP contribution < -0.4 is 0 Å². The molecule has 0 aliphatic rings. The van der Waals surface area contributed by atoms with Crippen LogP contribution in [0.2, 0.25) is 0 Å². The molecular formula is C12H16BrNO3S. The van der Waals surface area contributed by atoms with Gasteiger partial charge in [0.15, 0.2) is 0 Å². The Morgan fingerprint density at radius 1 is 1.50 bits per heavy atom. The minimum atomic E-state index is -3.58. The van der Waals surface area contributed by atoms with Crippen LogP contribution in [0.4, 0.5) is 0 Å². The number of aliphatic hydroxyl groups is 1. The lowest BCUT2D eigenvalue weighted by Crippen LogP contribution is -2.28. The number of likely N-dealkylation sites (N-methyl/N-ethyl adjacent to an activating group) is 1. The van der Waals surface area contributed by atoms with Crippen LogP contribution in [-0.2, 0) is 16.6 Å². The summed E-state index contributed by atoms with van der Waals surface area (Å²) in [6.07, 6.45) is 0. The van der Waals surface area contributed by atoms with Crippen LogP contribution in [0.5, 0.6) is 0 Å². The molecule has 1 aromatic carbocycles. The lowest BCUT2D eigenvalue weighted by atomic mass is 10.2. The van der Waals surface area contributed by atoms with E-state index in [0.717, 1.165) is 5.57 Å². The van der Waals surface area contributed by atoms with Crippen LogP contribution in [0.3, 0.4) is 0 Å². The molecule has 0 aliphatic carbocycles. The summed E-state index contributed by atoms with van der Waals surface area (Å²) in [5.41, 5.74) is 1.32. The van der Waals surface area contributed by atoms with E-state index in [9.17, 15) is 8.42 Å². The summed E-state index contributed by atoms with van der Waals surface area (Å²) in [5, 5.41) is 9.06. The lowest BCUT2D eigenvalue weighted by molar-refractivity contribution is 0.281. The first kappa shape index (κ1) is 15.4. The molecule has 0 aliphatic heterocycles. The van der Waals surface area contributed by atoms with Gasteiger partial charge in [-0.1, -0.05) is 18.2 Å². The Labute approximate surface area is 116 Å². The maximum Gasteiger partial charge on any atom is 0.244 e. The van der Waals surface area contributed by atoms with Crippen LogP contribution >= 0.6 is 15.9 Å². The standard InChI is InChI=1S/C12H16BrNO3S/c1-9(2)7-14(3)18(16,17)12-6-10(8-15)4-5-11(12)13/h4-6,15H,1,7-8H2,2-3H3. The van der Waals surface area contributed by atoms with Crippen molar-refractivity contribution in [2.24, 2.45) is 0 Å². The number of nitrogens with zero attached hydrogens (tertiary/aromatic N) is 1. The molecule has 0 atom stereocenters. The van der Waals surface area contributed by atoms with E-state index in [1.165, 1.54) is 17.4 Å². The normalized spacial score (nSPS) is 11.8. The molecule has 0 saturated carbocycles. The third kappa shape index (κ3) is 3.41. The number of rotatable bonds is 5. The number of hydrogen-bond donors (Lipinski definition) is 1. The quantitative estimate of drug-likeness (QED) is 0.840. The van der Waals surface area contributed by atoms with Gasteiger partial charge in [0.1, 0.15) is 0 Å². The van der Waals surface area contributed by atoms with Crippen molar-refractivity contribution < 1.29 is 13.5 Å². The largest absolute Gasteiger partial charge is 0.392 e. The maximum absolute atomic E-state index is 12.3. The van der Waals surface area contributed by atoms with Crippen molar-refractivity contribution >= 4 is 26.0 Å². The zero-order valence-corrected chi connectivity index (χ0v) is 12.8. The van der Waals surface area contributed by atoms with Gasteiger partial charge in [-0.3, -0.25) is 0 Å². The average molecular weight is 334 g/mol. The molecule has 6 heteroatoms. The van der Waals surface area contributed by atoms with Gasteiger partial charge in [0, 0.05) is 18.1 Å². The van der Waals surface area contributed by atoms with E-state index in [-0.39, 0.29) is 18.0 Å². The molecule has 1 N–H and O–H groups in total. The van der Waals surface area contributed by atoms with Gasteiger partial charge < -0.3 is 5.11 Å². The summed E-state index contributed by atoms with van der Waals surface area (Å²) in [6.45, 7) is 5.54. The first-order chi connectivity index (χ1) is 8.28. The van der Waals surface area contributed by atoms with Crippen LogP contribution in [-0.4, -0.2) is 31.4 Å². The minimum Gasteiger partial charge on any atom is -0.392 e. The fraction of sp³-hybridized carbons (Fsp3) is 0.333. The van der Waals surface area contributed by atoms with E-state index in [2.05, 4.69) is 22.5 Å². The summed E-state index contributed by atoms with van der Waals surface area (Å²) in [6, 6.07) is 4.75. The zero-order chi connectivity index (χ0) is 13.9. The summed E-state index contributed by atoms with van der Waals surface area (Å²) in [5.74, 6) is 0. The van der Waals surface area contributed by atoms with Gasteiger partial charge in [0.2, 0.25) is 10.0 Å². The molecule has 0 saturated heterocycles. The first-order valence-corrected chi connectivity index (χ1v) is 7.52. The fourth-order valence-corrected chi connectivity index (χ4v) is 3.68. The number of sulfonamides is 1. The van der Waals surface area contributed by atoms with Crippen molar-refractivity contribution in [1.82, 2.24) is 4.31 Å². The maximum atomic E-state index is 12.3. The molecule has 0 spiro atoms. The summed E-state index contributed by atoms with van der Waals surface area (Å²) in [7, 11) is -2.08. The third-order valence-corrected chi connectivity index (χ3v) is 5.16. The van der Waals surface area contributed by atoms with Crippen molar-refractivity contribution in [2.45, 2.75) is 18.4 Å². The van der Waals surface area contributed by atoms with Gasteiger partial charge >= 0.3 is 0 Å². The van der Waals surface area contributed by atoms with Gasteiger partial charge in [-0.25, -0.2) is 8.42 Å². The molecule has 0 bridgehead atoms. The Bertz CT molecular complexity index is 554. The number of aliphatic hydroxyl groups excluding tert-OH is 1. The van der Waals surface area contributed by atoms with Crippen LogP contribution in [0, 0.1) is 0 Å². The molecule has 0 amide bonds. The molecular weight excluding hydrogens is 318 g/mol. The van der Waals surface area contributed by atoms with Crippen LogP contribution in [0.1, 0.15) is 12.5 Å². The topological polar surface area (TPSA) is 57.6 Å². The molecule has 0 fully saturated rings. The molecule has 100 valence electrons. The number of halogens is 1. The predicted molar refractivity (Wildman–Crippen MR) is 74.7 cm³/mol. The van der Waals surface area contributed by atoms with Crippen molar-refractivity contribution in [3.63, 3.8) is 0 Å². The summed E-state index contributed by atoms with van der Waals surface area (Å²) in [4.78, 5) is 0.151. The highest BCUT2D eigenvalue weighted by Crippen LogP contribution is 2.26. The summed E-state index contributed by atoms with van der Waals surface area (Å²) >= 11 is 3.22. The minimum absolute atomic E-state index is 0.151. The van der Waals surface area contributed by atoms with Gasteiger partial charge in [0.05, 0.1) is 11.5 Å². The van der Waals surface area contributed by atoms with E-state index >= 15 is 0 Å². The Balaban J connectivity index is 3.23. The number of hydrogen-bond acceptors (Lipinski definition) is 3. The molecule has 0 unspecified atom stereocenters. The molecule has 0 radical (unpaired) electrons. The van der Waals surface area contributed by atoms with Gasteiger partial charge in [-0.05, 0) is 40.5 Å². The Kier molecular flexibility index (Phi) is 5.10. The smallest absolute Gasteiger partial charge is 0.244 e. The second-order valence-electron chi connectivity index (χ2n) is 4.14. The highest BCUT2D eigenvalue weighted by atomic mass is 79.9. The second kappa shape index (κ2) is 5.97. The highest BCUT2D eigenvalue weighted by molar-refractivity contribution is 9.10. The third-order valence-electron chi connectivity index (χ3n) is 2.36. The Morgan fingerprint density at radius 2 is 2.11 bits per heavy atom. The Morgan fingerprint density at radius 3 is 2.61 bits per heavy atom. The van der Waals surface area contributed by atoms with E-state index in [4.69, 9.17) is 5.11 Å². The van der Waals surface area contributed by atoms with E-state index < -0.39 is 10.0 Å². The highest BCUT2D eigenvalue weighted by Gasteiger charge is 2.23. The van der Waals surface area contributed by atoms with E-state index in [1.807, 2.05) is 0 Å². The van der Waals surface area contributed by atoms with E-state index in [0.29, 0.717) is 10.0 Å². The fourth-order valence-electron chi connectivity index (χ4n) is 1.48. The van der Waals surface area contributed by atoms with Crippen LogP contribution in [0.25, 0.3) is 0 Å². The SMILES string of the molecule is C=C(C)CN(C)S(=O)(=O)c1cc(CO)ccc1Br. The molecule has 0 heterocycles. The number of benzene rings is 1. The molecule has 1 aromatic rings. The first-order valence-electron chi connectivity index (χ1n) is 5.29. The van der Waals surface area contributed by atoms with Crippen molar-refractivity contribution in [3.05, 3.63) is 40.4 Å². The lowest BCUT2D eigenvalue weighted by Gasteiger charge is -2.18. The average Bonchev–Trinajstić information content (AvgIpc) is 2.28. The zero-order valence-electron chi connectivity index (χ0n) is 10.4. The van der Waals surface area contributed by atoms with Gasteiger partial charge in [0.25, 0.3) is 0 Å². The van der Waals surface area contributed by atoms with Crippen LogP contribution in [0.15, 0.2) is 39.7 Å². The molecule has 4 nitrogen and oxygen atoms in total. The monoisotopic (exact) mass is 333 g/mol. The Hall–Kier alpha value is -0.690. The van der Waals surface area contributed by atoms with Gasteiger partial charge in [-0.15, -0.1) is 0 Å². The van der Waals surface area contributed by atoms with E-state index in [1.54, 1.807) is 19.1 Å². The molecule has 0 aromatic heterocycles. The molecule has 18 heavy (non-hydrogen) atoms. The second-order valence-corrected chi connectivity index (χ2v) is 7.01. The van der Waals surface area contributed by atoms with Gasteiger partial charge in [-0.2, -0.15) is 4.31 Å². The van der Waals surface area contributed by atoms with Crippen molar-refractivity contribution in [3.8, 4) is 0 Å². The van der Waals surface area contributed by atoms with Crippen molar-refractivity contribution in [2.75, 3.05) is 13.6 Å².